The number of rotatable bonds is 4. The van der Waals surface area contributed by atoms with E-state index in [2.05, 4.69) is 46.4 Å². The van der Waals surface area contributed by atoms with E-state index in [0.717, 1.165) is 15.4 Å². The van der Waals surface area contributed by atoms with Gasteiger partial charge in [0.2, 0.25) is 0 Å². The van der Waals surface area contributed by atoms with Crippen LogP contribution >= 0.6 is 34.2 Å². The number of aromatic nitrogens is 3. The smallest absolute Gasteiger partial charge is 0.338 e. The first-order valence-electron chi connectivity index (χ1n) is 9.47. The zero-order chi connectivity index (χ0) is 20.8. The van der Waals surface area contributed by atoms with Crippen LogP contribution in [0.25, 0.3) is 11.0 Å². The van der Waals surface area contributed by atoms with Crippen LogP contribution in [0.5, 0.6) is 0 Å². The molecule has 0 aliphatic carbocycles. The van der Waals surface area contributed by atoms with Crippen molar-refractivity contribution in [2.24, 2.45) is 5.92 Å². The highest BCUT2D eigenvalue weighted by Gasteiger charge is 2.55. The molecule has 29 heavy (non-hydrogen) atoms. The second-order valence-electron chi connectivity index (χ2n) is 7.41. The Morgan fingerprint density at radius 3 is 2.76 bits per heavy atom. The largest absolute Gasteiger partial charge is 0.451 e. The van der Waals surface area contributed by atoms with E-state index in [1.807, 2.05) is 35.9 Å². The number of halogens is 2. The standard InChI is InChI=1S/C21H21ClIN3O3/c1-4-15-12(2)21(3,29-19(27)13-8-6-5-7-9-13)20(28-15)26-10-14(23)16-17(22)24-11-25-18(16)26/h5-12,15,20H,4H2,1-3H3/t12?,15-,20-,21-/m1/s1. The van der Waals surface area contributed by atoms with Crippen molar-refractivity contribution in [3.8, 4) is 0 Å². The van der Waals surface area contributed by atoms with Gasteiger partial charge in [-0.05, 0) is 48.1 Å². The number of carbonyl (C=O) groups is 1. The van der Waals surface area contributed by atoms with Crippen molar-refractivity contribution in [3.63, 3.8) is 0 Å². The summed E-state index contributed by atoms with van der Waals surface area (Å²) in [5, 5.41) is 1.15. The number of fused-ring (bicyclic) bond motifs is 1. The molecule has 0 spiro atoms. The van der Waals surface area contributed by atoms with Gasteiger partial charge in [0.15, 0.2) is 11.8 Å². The molecule has 152 valence electrons. The molecule has 0 saturated carbocycles. The number of ether oxygens (including phenoxy) is 2. The lowest BCUT2D eigenvalue weighted by Gasteiger charge is -2.34. The first-order chi connectivity index (χ1) is 13.9. The van der Waals surface area contributed by atoms with E-state index in [-0.39, 0.29) is 18.0 Å². The van der Waals surface area contributed by atoms with Crippen LogP contribution in [0, 0.1) is 9.49 Å². The van der Waals surface area contributed by atoms with E-state index in [1.54, 1.807) is 12.1 Å². The number of carbonyl (C=O) groups excluding carboxylic acids is 1. The van der Waals surface area contributed by atoms with Crippen LogP contribution in [0.2, 0.25) is 5.15 Å². The van der Waals surface area contributed by atoms with Crippen molar-refractivity contribution in [2.45, 2.75) is 45.1 Å². The summed E-state index contributed by atoms with van der Waals surface area (Å²) in [7, 11) is 0. The molecule has 1 aliphatic heterocycles. The van der Waals surface area contributed by atoms with Gasteiger partial charge in [0.25, 0.3) is 0 Å². The summed E-state index contributed by atoms with van der Waals surface area (Å²) in [6.45, 7) is 6.06. The lowest BCUT2D eigenvalue weighted by atomic mass is 9.86. The van der Waals surface area contributed by atoms with E-state index < -0.39 is 11.8 Å². The van der Waals surface area contributed by atoms with Gasteiger partial charge in [0.05, 0.1) is 17.1 Å². The Morgan fingerprint density at radius 1 is 1.34 bits per heavy atom. The zero-order valence-electron chi connectivity index (χ0n) is 16.3. The van der Waals surface area contributed by atoms with E-state index >= 15 is 0 Å². The monoisotopic (exact) mass is 525 g/mol. The summed E-state index contributed by atoms with van der Waals surface area (Å²) in [5.41, 5.74) is 0.280. The fourth-order valence-corrected chi connectivity index (χ4v) is 5.15. The Morgan fingerprint density at radius 2 is 2.07 bits per heavy atom. The van der Waals surface area contributed by atoms with Crippen LogP contribution in [0.3, 0.4) is 0 Å². The number of benzene rings is 1. The van der Waals surface area contributed by atoms with E-state index in [1.165, 1.54) is 6.33 Å². The summed E-state index contributed by atoms with van der Waals surface area (Å²) in [6, 6.07) is 9.01. The van der Waals surface area contributed by atoms with Crippen molar-refractivity contribution < 1.29 is 14.3 Å². The second kappa shape index (κ2) is 7.85. The van der Waals surface area contributed by atoms with Crippen LogP contribution < -0.4 is 0 Å². The number of nitrogens with zero attached hydrogens (tertiary/aromatic N) is 3. The molecule has 3 aromatic rings. The molecule has 1 fully saturated rings. The Labute approximate surface area is 187 Å². The van der Waals surface area contributed by atoms with E-state index in [4.69, 9.17) is 21.1 Å². The Bertz CT molecular complexity index is 1060. The lowest BCUT2D eigenvalue weighted by Crippen LogP contribution is -2.42. The van der Waals surface area contributed by atoms with Gasteiger partial charge in [0.1, 0.15) is 17.1 Å². The van der Waals surface area contributed by atoms with Gasteiger partial charge in [-0.2, -0.15) is 0 Å². The molecule has 0 bridgehead atoms. The second-order valence-corrected chi connectivity index (χ2v) is 8.93. The van der Waals surface area contributed by atoms with Crippen LogP contribution in [-0.4, -0.2) is 32.2 Å². The van der Waals surface area contributed by atoms with Gasteiger partial charge in [-0.1, -0.05) is 43.6 Å². The molecule has 1 aliphatic rings. The summed E-state index contributed by atoms with van der Waals surface area (Å²) in [4.78, 5) is 21.4. The Hall–Kier alpha value is -1.71. The molecule has 4 rings (SSSR count). The SMILES string of the molecule is CC[C@H]1O[C@@H](n2cc(I)c3c(Cl)ncnc32)[C@](C)(OC(=O)c2ccccc2)C1C. The molecule has 1 aromatic carbocycles. The highest BCUT2D eigenvalue weighted by Crippen LogP contribution is 2.48. The first-order valence-corrected chi connectivity index (χ1v) is 10.9. The molecule has 2 aromatic heterocycles. The third-order valence-corrected chi connectivity index (χ3v) is 6.85. The highest BCUT2D eigenvalue weighted by atomic mass is 127. The summed E-state index contributed by atoms with van der Waals surface area (Å²) >= 11 is 8.52. The molecule has 6 nitrogen and oxygen atoms in total. The minimum Gasteiger partial charge on any atom is -0.451 e. The average Bonchev–Trinajstić information content (AvgIpc) is 3.17. The minimum absolute atomic E-state index is 0.0161. The average molecular weight is 526 g/mol. The Balaban J connectivity index is 1.79. The molecular formula is C21H21ClIN3O3. The van der Waals surface area contributed by atoms with Gasteiger partial charge < -0.3 is 14.0 Å². The van der Waals surface area contributed by atoms with Gasteiger partial charge in [-0.25, -0.2) is 14.8 Å². The molecule has 8 heteroatoms. The lowest BCUT2D eigenvalue weighted by molar-refractivity contribution is -0.0946. The van der Waals surface area contributed by atoms with Crippen molar-refractivity contribution >= 4 is 51.2 Å². The fourth-order valence-electron chi connectivity index (χ4n) is 3.96. The van der Waals surface area contributed by atoms with Gasteiger partial charge in [-0.15, -0.1) is 0 Å². The van der Waals surface area contributed by atoms with E-state index in [9.17, 15) is 4.79 Å². The minimum atomic E-state index is -0.889. The maximum atomic E-state index is 12.9. The van der Waals surface area contributed by atoms with Crippen LogP contribution in [0.15, 0.2) is 42.9 Å². The molecule has 0 N–H and O–H groups in total. The van der Waals surface area contributed by atoms with Crippen LogP contribution in [0.4, 0.5) is 0 Å². The normalized spacial score (nSPS) is 26.7. The van der Waals surface area contributed by atoms with Crippen molar-refractivity contribution in [3.05, 3.63) is 57.1 Å². The molecule has 1 unspecified atom stereocenters. The van der Waals surface area contributed by atoms with Crippen molar-refractivity contribution in [1.29, 1.82) is 0 Å². The predicted molar refractivity (Wildman–Crippen MR) is 119 cm³/mol. The zero-order valence-corrected chi connectivity index (χ0v) is 19.2. The maximum Gasteiger partial charge on any atom is 0.338 e. The summed E-state index contributed by atoms with van der Waals surface area (Å²) in [6.07, 6.45) is 3.58. The molecule has 0 radical (unpaired) electrons. The highest BCUT2D eigenvalue weighted by molar-refractivity contribution is 14.1. The third kappa shape index (κ3) is 3.43. The molecule has 4 atom stereocenters. The van der Waals surface area contributed by atoms with Crippen LogP contribution in [-0.2, 0) is 9.47 Å². The van der Waals surface area contributed by atoms with Gasteiger partial charge in [0, 0.05) is 15.7 Å². The van der Waals surface area contributed by atoms with Gasteiger partial charge in [-0.3, -0.25) is 0 Å². The quantitative estimate of drug-likeness (QED) is 0.264. The summed E-state index contributed by atoms with van der Waals surface area (Å²) in [5.74, 6) is -0.387. The van der Waals surface area contributed by atoms with Crippen molar-refractivity contribution in [1.82, 2.24) is 14.5 Å². The topological polar surface area (TPSA) is 66.2 Å². The molecule has 0 amide bonds. The number of hydrogen-bond acceptors (Lipinski definition) is 5. The van der Waals surface area contributed by atoms with Crippen LogP contribution in [0.1, 0.15) is 43.8 Å². The van der Waals surface area contributed by atoms with Crippen molar-refractivity contribution in [2.75, 3.05) is 0 Å². The molecule has 1 saturated heterocycles. The molecule has 3 heterocycles. The number of esters is 1. The first kappa shape index (κ1) is 20.6. The fraction of sp³-hybridized carbons (Fsp3) is 0.381. The number of hydrogen-bond donors (Lipinski definition) is 0. The summed E-state index contributed by atoms with van der Waals surface area (Å²) < 4.78 is 15.3. The predicted octanol–water partition coefficient (Wildman–Crippen LogP) is 5.25. The van der Waals surface area contributed by atoms with Gasteiger partial charge >= 0.3 is 5.97 Å². The maximum absolute atomic E-state index is 12.9. The Kier molecular flexibility index (Phi) is 5.56. The third-order valence-electron chi connectivity index (χ3n) is 5.75. The molecular weight excluding hydrogens is 505 g/mol. The van der Waals surface area contributed by atoms with E-state index in [0.29, 0.717) is 16.4 Å².